The van der Waals surface area contributed by atoms with Gasteiger partial charge in [0.15, 0.2) is 11.5 Å². The highest BCUT2D eigenvalue weighted by atomic mass is 32.1. The maximum atomic E-state index is 7.28. The number of hydrogen-bond acceptors (Lipinski definition) is 6. The predicted molar refractivity (Wildman–Crippen MR) is 275 cm³/mol. The van der Waals surface area contributed by atoms with Crippen LogP contribution in [0.2, 0.25) is 0 Å². The van der Waals surface area contributed by atoms with Crippen LogP contribution in [0, 0.1) is 0 Å². The fourth-order valence-electron chi connectivity index (χ4n) is 10.6. The van der Waals surface area contributed by atoms with Crippen molar-refractivity contribution in [2.24, 2.45) is 0 Å². The molecule has 10 aromatic rings. The quantitative estimate of drug-likeness (QED) is 0.165. The Hall–Kier alpha value is -7.22. The van der Waals surface area contributed by atoms with E-state index in [0.29, 0.717) is 0 Å². The van der Waals surface area contributed by atoms with Crippen molar-refractivity contribution in [2.45, 2.75) is 52.4 Å². The van der Waals surface area contributed by atoms with E-state index in [1.807, 2.05) is 11.3 Å². The lowest BCUT2D eigenvalue weighted by atomic mass is 9.36. The van der Waals surface area contributed by atoms with Gasteiger partial charge in [-0.25, -0.2) is 0 Å². The normalized spacial score (nSPS) is 14.0. The van der Waals surface area contributed by atoms with E-state index in [2.05, 4.69) is 226 Å². The summed E-state index contributed by atoms with van der Waals surface area (Å²) in [7, 11) is 0. The molecule has 0 unspecified atom stereocenters. The van der Waals surface area contributed by atoms with E-state index in [4.69, 9.17) is 9.15 Å². The van der Waals surface area contributed by atoms with Crippen molar-refractivity contribution in [2.75, 3.05) is 14.7 Å². The second-order valence-corrected chi connectivity index (χ2v) is 20.8. The highest BCUT2D eigenvalue weighted by Crippen LogP contribution is 2.57. The third kappa shape index (κ3) is 5.58. The maximum absolute atomic E-state index is 7.28. The summed E-state index contributed by atoms with van der Waals surface area (Å²) in [5.74, 6) is 1.66. The number of para-hydroxylation sites is 4. The van der Waals surface area contributed by atoms with Crippen LogP contribution in [0.4, 0.5) is 51.2 Å². The summed E-state index contributed by atoms with van der Waals surface area (Å²) >= 11 is 1.91. The molecule has 7 heteroatoms. The van der Waals surface area contributed by atoms with Gasteiger partial charge in [-0.15, -0.1) is 11.3 Å². The molecular formula is C58H46BN3O2S. The van der Waals surface area contributed by atoms with Gasteiger partial charge in [0, 0.05) is 54.1 Å². The van der Waals surface area contributed by atoms with Crippen LogP contribution in [-0.4, -0.2) is 6.71 Å². The molecule has 8 aromatic carbocycles. The lowest BCUT2D eigenvalue weighted by Crippen LogP contribution is -2.60. The number of fused-ring (bicyclic) bond motifs is 13. The minimum Gasteiger partial charge on any atom is -0.456 e. The Balaban J connectivity index is 1.14. The first-order valence-electron chi connectivity index (χ1n) is 22.6. The van der Waals surface area contributed by atoms with Crippen molar-refractivity contribution in [3.05, 3.63) is 181 Å². The number of thiophene rings is 1. The topological polar surface area (TPSA) is 32.1 Å². The summed E-state index contributed by atoms with van der Waals surface area (Å²) in [6.07, 6.45) is 0. The number of benzene rings is 8. The minimum absolute atomic E-state index is 0.00383. The summed E-state index contributed by atoms with van der Waals surface area (Å²) in [5.41, 5.74) is 16.9. The van der Waals surface area contributed by atoms with Crippen LogP contribution in [0.25, 0.3) is 32.0 Å². The first-order valence-corrected chi connectivity index (χ1v) is 23.4. The molecule has 0 amide bonds. The summed E-state index contributed by atoms with van der Waals surface area (Å²) in [4.78, 5) is 7.38. The molecule has 65 heavy (non-hydrogen) atoms. The third-order valence-electron chi connectivity index (χ3n) is 13.7. The Morgan fingerprint density at radius 2 is 1.06 bits per heavy atom. The molecule has 0 saturated heterocycles. The molecule has 3 aliphatic rings. The molecule has 0 radical (unpaired) electrons. The van der Waals surface area contributed by atoms with E-state index in [1.165, 1.54) is 53.7 Å². The number of furan rings is 1. The van der Waals surface area contributed by atoms with Crippen LogP contribution in [0.5, 0.6) is 11.5 Å². The SMILES string of the molecule is CC(C)(C)c1ccc(N2c3cccc4c3B(c3ccc5c(c32)Oc2ccccc2N5c2ccccc2)c2sc3c(ccc5oc6ccccc6c53)c2N4c2ccc(C(C)(C)C)cc2)cc1. The van der Waals surface area contributed by atoms with E-state index in [1.54, 1.807) is 0 Å². The summed E-state index contributed by atoms with van der Waals surface area (Å²) in [6, 6.07) is 62.0. The predicted octanol–water partition coefficient (Wildman–Crippen LogP) is 15.1. The number of nitrogens with zero attached hydrogens (tertiary/aromatic N) is 3. The van der Waals surface area contributed by atoms with Crippen LogP contribution in [0.3, 0.4) is 0 Å². The molecule has 314 valence electrons. The fraction of sp³-hybridized carbons (Fsp3) is 0.138. The van der Waals surface area contributed by atoms with E-state index in [0.717, 1.165) is 67.9 Å². The van der Waals surface area contributed by atoms with Crippen molar-refractivity contribution in [1.82, 2.24) is 0 Å². The Kier molecular flexibility index (Phi) is 8.03. The van der Waals surface area contributed by atoms with Gasteiger partial charge in [-0.05, 0) is 118 Å². The monoisotopic (exact) mass is 859 g/mol. The van der Waals surface area contributed by atoms with Gasteiger partial charge in [-0.1, -0.05) is 126 Å². The van der Waals surface area contributed by atoms with Crippen molar-refractivity contribution in [1.29, 1.82) is 0 Å². The van der Waals surface area contributed by atoms with Crippen molar-refractivity contribution < 1.29 is 9.15 Å². The first kappa shape index (κ1) is 38.3. The molecule has 5 heterocycles. The molecule has 3 aliphatic heterocycles. The van der Waals surface area contributed by atoms with Gasteiger partial charge in [-0.3, -0.25) is 0 Å². The Morgan fingerprint density at radius 1 is 0.462 bits per heavy atom. The number of hydrogen-bond donors (Lipinski definition) is 0. The second kappa shape index (κ2) is 13.6. The van der Waals surface area contributed by atoms with Gasteiger partial charge in [-0.2, -0.15) is 0 Å². The molecule has 13 rings (SSSR count). The maximum Gasteiger partial charge on any atom is 0.264 e. The average molecular weight is 860 g/mol. The average Bonchev–Trinajstić information content (AvgIpc) is 3.89. The Bertz CT molecular complexity index is 3560. The largest absolute Gasteiger partial charge is 0.456 e. The van der Waals surface area contributed by atoms with Crippen molar-refractivity contribution >= 4 is 117 Å². The van der Waals surface area contributed by atoms with Gasteiger partial charge in [0.1, 0.15) is 11.2 Å². The number of rotatable bonds is 3. The third-order valence-corrected chi connectivity index (χ3v) is 15.0. The molecule has 2 aromatic heterocycles. The highest BCUT2D eigenvalue weighted by molar-refractivity contribution is 7.34. The molecular weight excluding hydrogens is 814 g/mol. The highest BCUT2D eigenvalue weighted by Gasteiger charge is 2.47. The van der Waals surface area contributed by atoms with Crippen molar-refractivity contribution in [3.8, 4) is 11.5 Å². The molecule has 0 saturated carbocycles. The van der Waals surface area contributed by atoms with Crippen LogP contribution >= 0.6 is 11.3 Å². The Labute approximate surface area is 383 Å². The molecule has 5 nitrogen and oxygen atoms in total. The van der Waals surface area contributed by atoms with Gasteiger partial charge in [0.25, 0.3) is 6.71 Å². The molecule has 0 atom stereocenters. The number of ether oxygens (including phenoxy) is 1. The van der Waals surface area contributed by atoms with E-state index < -0.39 is 0 Å². The van der Waals surface area contributed by atoms with E-state index >= 15 is 0 Å². The molecule has 0 spiro atoms. The van der Waals surface area contributed by atoms with Crippen LogP contribution in [0.15, 0.2) is 174 Å². The van der Waals surface area contributed by atoms with Gasteiger partial charge < -0.3 is 23.9 Å². The van der Waals surface area contributed by atoms with Crippen LogP contribution in [-0.2, 0) is 10.8 Å². The fourth-order valence-corrected chi connectivity index (χ4v) is 12.1. The summed E-state index contributed by atoms with van der Waals surface area (Å²) in [6.45, 7) is 13.6. The van der Waals surface area contributed by atoms with E-state index in [9.17, 15) is 0 Å². The minimum atomic E-state index is -0.0942. The van der Waals surface area contributed by atoms with Gasteiger partial charge >= 0.3 is 0 Å². The Morgan fingerprint density at radius 3 is 1.75 bits per heavy atom. The lowest BCUT2D eigenvalue weighted by Gasteiger charge is -2.45. The summed E-state index contributed by atoms with van der Waals surface area (Å²) < 4.78 is 16.4. The lowest BCUT2D eigenvalue weighted by molar-refractivity contribution is 0.478. The smallest absolute Gasteiger partial charge is 0.264 e. The molecule has 0 aliphatic carbocycles. The molecule has 0 fully saturated rings. The zero-order chi connectivity index (χ0) is 43.9. The second-order valence-electron chi connectivity index (χ2n) is 19.7. The van der Waals surface area contributed by atoms with Crippen LogP contribution < -0.4 is 35.1 Å². The molecule has 0 bridgehead atoms. The van der Waals surface area contributed by atoms with Crippen molar-refractivity contribution in [3.63, 3.8) is 0 Å². The first-order chi connectivity index (χ1) is 31.5. The zero-order valence-corrected chi connectivity index (χ0v) is 38.1. The van der Waals surface area contributed by atoms with Gasteiger partial charge in [0.2, 0.25) is 0 Å². The molecule has 0 N–H and O–H groups in total. The zero-order valence-electron chi connectivity index (χ0n) is 37.3. The van der Waals surface area contributed by atoms with Crippen LogP contribution in [0.1, 0.15) is 52.7 Å². The number of anilines is 9. The summed E-state index contributed by atoms with van der Waals surface area (Å²) in [5, 5.41) is 3.53. The standard InChI is InChI=1S/C58H46BN3O2S/c1-57(2,3)35-23-27-38(28-24-35)61-44-19-14-20-45-51(44)59(56-52(61)41-31-34-49-50(55(41)65-56)40-17-10-12-21-47(40)63-49)42-32-33-46-54(53(42)62(45)39-29-25-36(26-30-39)58(4,5)6)64-48-22-13-11-18-43(48)60(46)37-15-8-7-9-16-37/h7-34H,1-6H3. The van der Waals surface area contributed by atoms with E-state index in [-0.39, 0.29) is 17.5 Å². The van der Waals surface area contributed by atoms with Gasteiger partial charge in [0.05, 0.1) is 22.7 Å².